The lowest BCUT2D eigenvalue weighted by Crippen LogP contribution is -2.42. The molecule has 0 unspecified atom stereocenters. The minimum Gasteiger partial charge on any atom is -0.454 e. The lowest BCUT2D eigenvalue weighted by atomic mass is 9.87. The van der Waals surface area contributed by atoms with E-state index in [1.807, 2.05) is 32.0 Å². The Morgan fingerprint density at radius 3 is 2.88 bits per heavy atom. The number of hydrogen-bond acceptors (Lipinski definition) is 7. The molecule has 0 spiro atoms. The van der Waals surface area contributed by atoms with Gasteiger partial charge in [0.25, 0.3) is 0 Å². The van der Waals surface area contributed by atoms with Crippen LogP contribution in [0, 0.1) is 0 Å². The van der Waals surface area contributed by atoms with E-state index < -0.39 is 6.10 Å². The van der Waals surface area contributed by atoms with Crippen molar-refractivity contribution in [2.24, 2.45) is 0 Å². The van der Waals surface area contributed by atoms with Crippen molar-refractivity contribution in [3.63, 3.8) is 0 Å². The molecule has 0 saturated carbocycles. The van der Waals surface area contributed by atoms with Gasteiger partial charge in [0.05, 0.1) is 12.6 Å². The van der Waals surface area contributed by atoms with Crippen LogP contribution in [0.15, 0.2) is 22.7 Å². The van der Waals surface area contributed by atoms with Crippen LogP contribution in [-0.4, -0.2) is 46.1 Å². The summed E-state index contributed by atoms with van der Waals surface area (Å²) < 4.78 is 16.1. The van der Waals surface area contributed by atoms with Crippen molar-refractivity contribution < 1.29 is 19.1 Å². The second-order valence-electron chi connectivity index (χ2n) is 7.01. The molecule has 0 bridgehead atoms. The molecule has 3 heterocycles. The van der Waals surface area contributed by atoms with Gasteiger partial charge >= 0.3 is 0 Å². The van der Waals surface area contributed by atoms with Crippen LogP contribution in [0.4, 0.5) is 0 Å². The predicted molar refractivity (Wildman–Crippen MR) is 89.6 cm³/mol. The molecule has 7 nitrogen and oxygen atoms in total. The zero-order valence-corrected chi connectivity index (χ0v) is 14.5. The van der Waals surface area contributed by atoms with E-state index >= 15 is 0 Å². The van der Waals surface area contributed by atoms with Gasteiger partial charge in [-0.2, -0.15) is 4.98 Å². The summed E-state index contributed by atoms with van der Waals surface area (Å²) in [5, 5.41) is 14.7. The van der Waals surface area contributed by atoms with E-state index in [2.05, 4.69) is 15.0 Å². The minimum absolute atomic E-state index is 0.0993. The Balaban J connectivity index is 1.40. The first-order valence-corrected chi connectivity index (χ1v) is 8.72. The van der Waals surface area contributed by atoms with Crippen molar-refractivity contribution in [3.8, 4) is 11.5 Å². The predicted octanol–water partition coefficient (Wildman–Crippen LogP) is 2.27. The third kappa shape index (κ3) is 3.34. The number of nitrogens with zero attached hydrogens (tertiary/aromatic N) is 3. The summed E-state index contributed by atoms with van der Waals surface area (Å²) >= 11 is 0. The van der Waals surface area contributed by atoms with Crippen molar-refractivity contribution in [2.75, 3.05) is 19.9 Å². The normalized spacial score (nSPS) is 23.4. The largest absolute Gasteiger partial charge is 0.454 e. The number of β-amino-alcohol motifs (C(OH)–C–C–N with tert-alkyl or cyclic N) is 1. The number of aromatic nitrogens is 2. The second kappa shape index (κ2) is 6.65. The van der Waals surface area contributed by atoms with Crippen LogP contribution in [-0.2, 0) is 6.54 Å². The Morgan fingerprint density at radius 1 is 1.28 bits per heavy atom. The molecule has 1 aromatic carbocycles. The number of hydrogen-bond donors (Lipinski definition) is 1. The average molecular weight is 345 g/mol. The molecular formula is C18H23N3O4. The first kappa shape index (κ1) is 16.4. The topological polar surface area (TPSA) is 80.9 Å². The maximum Gasteiger partial charge on any atom is 0.231 e. The summed E-state index contributed by atoms with van der Waals surface area (Å²) in [7, 11) is 0. The fraction of sp³-hybridized carbons (Fsp3) is 0.556. The lowest BCUT2D eigenvalue weighted by Gasteiger charge is -2.35. The molecule has 1 N–H and O–H groups in total. The van der Waals surface area contributed by atoms with Gasteiger partial charge in [-0.05, 0) is 30.7 Å². The molecule has 1 saturated heterocycles. The third-order valence-electron chi connectivity index (χ3n) is 4.83. The highest BCUT2D eigenvalue weighted by Gasteiger charge is 2.30. The second-order valence-corrected chi connectivity index (χ2v) is 7.01. The van der Waals surface area contributed by atoms with E-state index in [0.717, 1.165) is 30.0 Å². The van der Waals surface area contributed by atoms with Crippen LogP contribution in [0.3, 0.4) is 0 Å². The first-order chi connectivity index (χ1) is 12.1. The van der Waals surface area contributed by atoms with E-state index in [0.29, 0.717) is 24.8 Å². The lowest BCUT2D eigenvalue weighted by molar-refractivity contribution is 0.0461. The molecular weight excluding hydrogens is 322 g/mol. The number of likely N-dealkylation sites (tertiary alicyclic amines) is 1. The van der Waals surface area contributed by atoms with E-state index in [1.54, 1.807) is 0 Å². The molecule has 7 heteroatoms. The van der Waals surface area contributed by atoms with Gasteiger partial charge in [-0.25, -0.2) is 0 Å². The highest BCUT2D eigenvalue weighted by molar-refractivity contribution is 5.45. The van der Waals surface area contributed by atoms with Crippen molar-refractivity contribution in [2.45, 2.75) is 44.8 Å². The maximum atomic E-state index is 10.6. The Labute approximate surface area is 146 Å². The molecule has 0 radical (unpaired) electrons. The van der Waals surface area contributed by atoms with Gasteiger partial charge in [0.2, 0.25) is 12.7 Å². The quantitative estimate of drug-likeness (QED) is 0.910. The van der Waals surface area contributed by atoms with Crippen molar-refractivity contribution in [1.82, 2.24) is 15.0 Å². The van der Waals surface area contributed by atoms with E-state index in [9.17, 15) is 5.11 Å². The number of rotatable bonds is 4. The molecule has 134 valence electrons. The van der Waals surface area contributed by atoms with Gasteiger partial charge in [0.15, 0.2) is 17.3 Å². The van der Waals surface area contributed by atoms with Crippen molar-refractivity contribution in [1.29, 1.82) is 0 Å². The van der Waals surface area contributed by atoms with Crippen LogP contribution >= 0.6 is 0 Å². The molecule has 1 fully saturated rings. The zero-order valence-electron chi connectivity index (χ0n) is 14.5. The maximum absolute atomic E-state index is 10.6. The van der Waals surface area contributed by atoms with Crippen LogP contribution in [0.5, 0.6) is 11.5 Å². The zero-order chi connectivity index (χ0) is 17.4. The van der Waals surface area contributed by atoms with E-state index in [4.69, 9.17) is 14.0 Å². The Kier molecular flexibility index (Phi) is 4.35. The van der Waals surface area contributed by atoms with Gasteiger partial charge in [-0.3, -0.25) is 4.90 Å². The Hall–Kier alpha value is -2.12. The summed E-state index contributed by atoms with van der Waals surface area (Å²) in [5.41, 5.74) is 1.10. The van der Waals surface area contributed by atoms with E-state index in [-0.39, 0.29) is 18.6 Å². The van der Waals surface area contributed by atoms with Crippen LogP contribution in [0.2, 0.25) is 0 Å². The molecule has 1 aromatic heterocycles. The Bertz CT molecular complexity index is 746. The molecule has 0 aliphatic carbocycles. The molecule has 0 amide bonds. The number of ether oxygens (including phenoxy) is 2. The van der Waals surface area contributed by atoms with Gasteiger partial charge in [0.1, 0.15) is 0 Å². The number of benzene rings is 1. The summed E-state index contributed by atoms with van der Waals surface area (Å²) in [5.74, 6) is 3.20. The number of fused-ring (bicyclic) bond motifs is 1. The molecule has 2 atom stereocenters. The number of aliphatic hydroxyl groups is 1. The fourth-order valence-electron chi connectivity index (χ4n) is 3.44. The Morgan fingerprint density at radius 2 is 2.12 bits per heavy atom. The van der Waals surface area contributed by atoms with Gasteiger partial charge in [-0.1, -0.05) is 25.1 Å². The van der Waals surface area contributed by atoms with Gasteiger partial charge < -0.3 is 19.1 Å². The summed E-state index contributed by atoms with van der Waals surface area (Å²) in [6.07, 6.45) is 0.431. The molecule has 2 aliphatic heterocycles. The molecule has 2 aliphatic rings. The third-order valence-corrected chi connectivity index (χ3v) is 4.83. The van der Waals surface area contributed by atoms with Crippen LogP contribution < -0.4 is 9.47 Å². The van der Waals surface area contributed by atoms with Crippen LogP contribution in [0.1, 0.15) is 49.4 Å². The SMILES string of the molecule is CC(C)c1nc(CN2CC[C@@H](c3ccc4c(c3)OCO4)[C@H](O)C2)no1. The first-order valence-electron chi connectivity index (χ1n) is 8.72. The standard InChI is InChI=1S/C18H23N3O4/c1-11(2)18-19-17(20-25-18)9-21-6-5-13(14(22)8-21)12-3-4-15-16(7-12)24-10-23-15/h3-4,7,11,13-14,22H,5-6,8-10H2,1-2H3/t13-,14+/m0/s1. The number of piperidine rings is 1. The minimum atomic E-state index is -0.439. The number of aliphatic hydroxyl groups excluding tert-OH is 1. The van der Waals surface area contributed by atoms with Crippen LogP contribution in [0.25, 0.3) is 0 Å². The molecule has 25 heavy (non-hydrogen) atoms. The van der Waals surface area contributed by atoms with Gasteiger partial charge in [0, 0.05) is 18.4 Å². The average Bonchev–Trinajstić information content (AvgIpc) is 3.23. The van der Waals surface area contributed by atoms with Crippen molar-refractivity contribution in [3.05, 3.63) is 35.5 Å². The smallest absolute Gasteiger partial charge is 0.231 e. The summed E-state index contributed by atoms with van der Waals surface area (Å²) in [6.45, 7) is 6.38. The summed E-state index contributed by atoms with van der Waals surface area (Å²) in [4.78, 5) is 6.58. The van der Waals surface area contributed by atoms with E-state index in [1.165, 1.54) is 0 Å². The molecule has 2 aromatic rings. The monoisotopic (exact) mass is 345 g/mol. The summed E-state index contributed by atoms with van der Waals surface area (Å²) in [6, 6.07) is 5.93. The van der Waals surface area contributed by atoms with Crippen molar-refractivity contribution >= 4 is 0 Å². The highest BCUT2D eigenvalue weighted by Crippen LogP contribution is 2.37. The van der Waals surface area contributed by atoms with Gasteiger partial charge in [-0.15, -0.1) is 0 Å². The fourth-order valence-corrected chi connectivity index (χ4v) is 3.44. The highest BCUT2D eigenvalue weighted by atomic mass is 16.7. The molecule has 4 rings (SSSR count).